The van der Waals surface area contributed by atoms with E-state index in [1.165, 1.54) is 24.3 Å². The average molecular weight is 647 g/mol. The monoisotopic (exact) mass is 646 g/mol. The van der Waals surface area contributed by atoms with Gasteiger partial charge in [-0.05, 0) is 38.8 Å². The minimum atomic E-state index is -4.49. The number of phenols is 2. The van der Waals surface area contributed by atoms with Gasteiger partial charge in [-0.3, -0.25) is 19.2 Å². The lowest BCUT2D eigenvalue weighted by atomic mass is 9.81. The summed E-state index contributed by atoms with van der Waals surface area (Å²) in [5, 5.41) is 22.1. The molecule has 44 heavy (non-hydrogen) atoms. The minimum absolute atomic E-state index is 0.0703. The first-order valence-electron chi connectivity index (χ1n) is 13.8. The molecule has 0 fully saturated rings. The van der Waals surface area contributed by atoms with E-state index in [1.54, 1.807) is 13.8 Å². The van der Waals surface area contributed by atoms with E-state index in [1.807, 2.05) is 0 Å². The van der Waals surface area contributed by atoms with Crippen LogP contribution in [0.1, 0.15) is 71.4 Å². The summed E-state index contributed by atoms with van der Waals surface area (Å²) < 4.78 is 63.8. The van der Waals surface area contributed by atoms with Gasteiger partial charge in [0.1, 0.15) is 11.5 Å². The molecule has 0 amide bonds. The molecule has 0 bridgehead atoms. The van der Waals surface area contributed by atoms with Crippen molar-refractivity contribution in [1.29, 1.82) is 0 Å². The minimum Gasteiger partial charge on any atom is -0.506 e. The maximum Gasteiger partial charge on any atom is 0.305 e. The molecule has 0 spiro atoms. The van der Waals surface area contributed by atoms with Gasteiger partial charge in [-0.1, -0.05) is 24.3 Å². The van der Waals surface area contributed by atoms with Gasteiger partial charge in [-0.2, -0.15) is 0 Å². The molecule has 0 atom stereocenters. The molecule has 234 valence electrons. The van der Waals surface area contributed by atoms with Crippen LogP contribution in [0.25, 0.3) is 10.8 Å². The van der Waals surface area contributed by atoms with Crippen LogP contribution in [0.5, 0.6) is 11.5 Å². The standard InChI is InChI=1S/C30H30O12S2/c1-3-41-23(31)11-7-13-43(37,38)21-15-19-20(16-22(21)44(39,40)14-8-12-24(32)42-4-2)30(36)26-25(29(19)35)27(33)17-9-5-6-10-18(17)28(26)34/h5-6,9-10,15-16,33-34H,3-4,7-8,11-14H2,1-2H3. The second-order valence-electron chi connectivity index (χ2n) is 9.95. The Kier molecular flexibility index (Phi) is 9.44. The van der Waals surface area contributed by atoms with E-state index in [0.29, 0.717) is 0 Å². The van der Waals surface area contributed by atoms with E-state index in [4.69, 9.17) is 9.47 Å². The lowest BCUT2D eigenvalue weighted by Gasteiger charge is -2.23. The lowest BCUT2D eigenvalue weighted by molar-refractivity contribution is -0.144. The summed E-state index contributed by atoms with van der Waals surface area (Å²) in [5.74, 6) is -5.89. The van der Waals surface area contributed by atoms with Gasteiger partial charge < -0.3 is 19.7 Å². The number of rotatable bonds is 12. The Morgan fingerprint density at radius 2 is 1.05 bits per heavy atom. The molecule has 0 radical (unpaired) electrons. The highest BCUT2D eigenvalue weighted by Crippen LogP contribution is 2.45. The molecule has 1 aliphatic rings. The zero-order chi connectivity index (χ0) is 32.4. The molecule has 1 aliphatic carbocycles. The number of hydrogen-bond acceptors (Lipinski definition) is 12. The predicted octanol–water partition coefficient (Wildman–Crippen LogP) is 3.26. The van der Waals surface area contributed by atoms with E-state index in [-0.39, 0.29) is 49.7 Å². The summed E-state index contributed by atoms with van der Waals surface area (Å²) in [6, 6.07) is 7.48. The van der Waals surface area contributed by atoms with Crippen LogP contribution < -0.4 is 0 Å². The molecule has 0 unspecified atom stereocenters. The van der Waals surface area contributed by atoms with Crippen LogP contribution in [0.15, 0.2) is 46.2 Å². The van der Waals surface area contributed by atoms with Crippen LogP contribution in [0.4, 0.5) is 0 Å². The first-order valence-corrected chi connectivity index (χ1v) is 17.1. The van der Waals surface area contributed by atoms with Crippen LogP contribution in [0, 0.1) is 0 Å². The third kappa shape index (κ3) is 6.17. The molecule has 3 aromatic rings. The van der Waals surface area contributed by atoms with Gasteiger partial charge in [0.2, 0.25) is 0 Å². The van der Waals surface area contributed by atoms with E-state index in [0.717, 1.165) is 12.1 Å². The van der Waals surface area contributed by atoms with Gasteiger partial charge in [-0.25, -0.2) is 16.8 Å². The molecule has 0 heterocycles. The molecular formula is C30H30O12S2. The number of benzene rings is 3. The largest absolute Gasteiger partial charge is 0.506 e. The van der Waals surface area contributed by atoms with Crippen molar-refractivity contribution in [2.24, 2.45) is 0 Å². The first-order chi connectivity index (χ1) is 20.7. The van der Waals surface area contributed by atoms with E-state index >= 15 is 0 Å². The van der Waals surface area contributed by atoms with Gasteiger partial charge in [0, 0.05) is 34.7 Å². The molecule has 4 rings (SSSR count). The summed E-state index contributed by atoms with van der Waals surface area (Å²) >= 11 is 0. The number of ketones is 2. The third-order valence-electron chi connectivity index (χ3n) is 7.06. The number of phenolic OH excluding ortho intramolecular Hbond substituents is 2. The Labute approximate surface area is 253 Å². The van der Waals surface area contributed by atoms with Crippen molar-refractivity contribution in [3.05, 3.63) is 58.7 Å². The predicted molar refractivity (Wildman–Crippen MR) is 156 cm³/mol. The lowest BCUT2D eigenvalue weighted by Crippen LogP contribution is -2.25. The molecular weight excluding hydrogens is 616 g/mol. The average Bonchev–Trinajstić information content (AvgIpc) is 2.97. The topological polar surface area (TPSA) is 195 Å². The zero-order valence-corrected chi connectivity index (χ0v) is 25.5. The van der Waals surface area contributed by atoms with Crippen molar-refractivity contribution >= 4 is 54.0 Å². The van der Waals surface area contributed by atoms with E-state index in [9.17, 15) is 46.2 Å². The Morgan fingerprint density at radius 3 is 1.39 bits per heavy atom. The molecule has 12 nitrogen and oxygen atoms in total. The molecule has 0 aliphatic heterocycles. The smallest absolute Gasteiger partial charge is 0.305 e. The number of carbonyl (C=O) groups excluding carboxylic acids is 4. The van der Waals surface area contributed by atoms with Crippen LogP contribution in [0.2, 0.25) is 0 Å². The molecule has 3 aromatic carbocycles. The fourth-order valence-electron chi connectivity index (χ4n) is 5.03. The van der Waals surface area contributed by atoms with Crippen LogP contribution in [-0.2, 0) is 38.7 Å². The Bertz CT molecular complexity index is 1770. The number of hydrogen-bond donors (Lipinski definition) is 2. The summed E-state index contributed by atoms with van der Waals surface area (Å²) in [6.45, 7) is 3.33. The summed E-state index contributed by atoms with van der Waals surface area (Å²) in [5.41, 5.74) is -2.06. The zero-order valence-electron chi connectivity index (χ0n) is 23.9. The maximum atomic E-state index is 13.7. The Hall–Kier alpha value is -4.30. The van der Waals surface area contributed by atoms with Crippen LogP contribution in [-0.4, -0.2) is 75.3 Å². The van der Waals surface area contributed by atoms with E-state index < -0.39 is 98.2 Å². The summed E-state index contributed by atoms with van der Waals surface area (Å²) in [7, 11) is -8.99. The molecule has 0 saturated heterocycles. The van der Waals surface area contributed by atoms with Crippen LogP contribution in [0.3, 0.4) is 0 Å². The molecule has 0 aromatic heterocycles. The second-order valence-corrected chi connectivity index (χ2v) is 14.1. The number of fused-ring (bicyclic) bond motifs is 3. The van der Waals surface area contributed by atoms with Crippen molar-refractivity contribution in [3.8, 4) is 11.5 Å². The van der Waals surface area contributed by atoms with Crippen molar-refractivity contribution in [1.82, 2.24) is 0 Å². The third-order valence-corrected chi connectivity index (χ3v) is 10.9. The van der Waals surface area contributed by atoms with E-state index in [2.05, 4.69) is 0 Å². The SMILES string of the molecule is CCOC(=O)CCCS(=O)(=O)c1cc2c(cc1S(=O)(=O)CCCC(=O)OCC)C(=O)c1c(c(O)c3ccccc3c1O)C2=O. The summed E-state index contributed by atoms with van der Waals surface area (Å²) in [6.07, 6.45) is -0.997. The Balaban J connectivity index is 1.87. The number of aromatic hydroxyl groups is 2. The summed E-state index contributed by atoms with van der Waals surface area (Å²) in [4.78, 5) is 49.4. The van der Waals surface area contributed by atoms with Gasteiger partial charge in [0.15, 0.2) is 31.2 Å². The van der Waals surface area contributed by atoms with Gasteiger partial charge >= 0.3 is 11.9 Å². The molecule has 2 N–H and O–H groups in total. The van der Waals surface area contributed by atoms with Crippen LogP contribution >= 0.6 is 0 Å². The maximum absolute atomic E-state index is 13.7. The van der Waals surface area contributed by atoms with Gasteiger partial charge in [-0.15, -0.1) is 0 Å². The first kappa shape index (κ1) is 32.6. The number of sulfone groups is 2. The fraction of sp³-hybridized carbons (Fsp3) is 0.333. The van der Waals surface area contributed by atoms with Crippen molar-refractivity contribution in [2.75, 3.05) is 24.7 Å². The number of esters is 2. The number of ether oxygens (including phenoxy) is 2. The molecule has 0 saturated carbocycles. The Morgan fingerprint density at radius 1 is 0.682 bits per heavy atom. The van der Waals surface area contributed by atoms with Gasteiger partial charge in [0.25, 0.3) is 0 Å². The highest BCUT2D eigenvalue weighted by molar-refractivity contribution is 7.94. The van der Waals surface area contributed by atoms with Gasteiger partial charge in [0.05, 0.1) is 45.6 Å². The van der Waals surface area contributed by atoms with Crippen molar-refractivity contribution in [2.45, 2.75) is 49.3 Å². The fourth-order valence-corrected chi connectivity index (χ4v) is 8.61. The number of carbonyl (C=O) groups is 4. The highest BCUT2D eigenvalue weighted by atomic mass is 32.2. The van der Waals surface area contributed by atoms with Crippen molar-refractivity contribution in [3.63, 3.8) is 0 Å². The molecule has 14 heteroatoms. The second kappa shape index (κ2) is 12.7. The normalized spacial score (nSPS) is 13.0. The highest BCUT2D eigenvalue weighted by Gasteiger charge is 2.39. The van der Waals surface area contributed by atoms with Crippen molar-refractivity contribution < 1.29 is 55.7 Å². The quantitative estimate of drug-likeness (QED) is 0.169.